The highest BCUT2D eigenvalue weighted by atomic mass is 16.1. The van der Waals surface area contributed by atoms with E-state index >= 15 is 0 Å². The van der Waals surface area contributed by atoms with E-state index in [1.807, 2.05) is 0 Å². The first-order valence-corrected chi connectivity index (χ1v) is 7.50. The Morgan fingerprint density at radius 3 is 2.47 bits per heavy atom. The molecule has 0 aromatic rings. The van der Waals surface area contributed by atoms with E-state index in [1.165, 1.54) is 19.3 Å². The lowest BCUT2D eigenvalue weighted by atomic mass is 9.95. The fraction of sp³-hybridized carbons (Fsp3) is 0.857. The van der Waals surface area contributed by atoms with Gasteiger partial charge >= 0.3 is 0 Å². The first-order valence-electron chi connectivity index (χ1n) is 7.50. The van der Waals surface area contributed by atoms with E-state index in [-0.39, 0.29) is 5.91 Å². The molecular weight excluding hydrogens is 240 g/mol. The number of guanidine groups is 1. The van der Waals surface area contributed by atoms with Crippen LogP contribution in [0.5, 0.6) is 0 Å². The van der Waals surface area contributed by atoms with Gasteiger partial charge in [-0.25, -0.2) is 0 Å². The van der Waals surface area contributed by atoms with E-state index in [1.54, 1.807) is 7.05 Å². The fourth-order valence-corrected chi connectivity index (χ4v) is 2.31. The average Bonchev–Trinajstić information content (AvgIpc) is 2.43. The third-order valence-corrected chi connectivity index (χ3v) is 3.38. The predicted molar refractivity (Wildman–Crippen MR) is 79.3 cm³/mol. The van der Waals surface area contributed by atoms with E-state index in [9.17, 15) is 4.79 Å². The van der Waals surface area contributed by atoms with Crippen molar-refractivity contribution in [1.82, 2.24) is 16.0 Å². The van der Waals surface area contributed by atoms with Crippen molar-refractivity contribution in [2.75, 3.05) is 20.1 Å². The molecular formula is C14H28N4O. The highest BCUT2D eigenvalue weighted by Crippen LogP contribution is 2.17. The summed E-state index contributed by atoms with van der Waals surface area (Å²) in [6.45, 7) is 3.63. The van der Waals surface area contributed by atoms with Gasteiger partial charge in [0.1, 0.15) is 0 Å². The lowest BCUT2D eigenvalue weighted by Crippen LogP contribution is -2.41. The maximum absolute atomic E-state index is 11.8. The Labute approximate surface area is 116 Å². The van der Waals surface area contributed by atoms with Crippen LogP contribution in [0.25, 0.3) is 0 Å². The Balaban J connectivity index is 2.11. The summed E-state index contributed by atoms with van der Waals surface area (Å²) in [4.78, 5) is 15.9. The number of amides is 1. The number of aliphatic imine (C=N–C) groups is 1. The zero-order valence-corrected chi connectivity index (χ0v) is 12.3. The predicted octanol–water partition coefficient (Wildman–Crippen LogP) is 1.40. The lowest BCUT2D eigenvalue weighted by Gasteiger charge is -2.22. The molecule has 19 heavy (non-hydrogen) atoms. The minimum atomic E-state index is 0.144. The van der Waals surface area contributed by atoms with Gasteiger partial charge in [-0.1, -0.05) is 26.2 Å². The number of hydrogen-bond acceptors (Lipinski definition) is 2. The molecule has 110 valence electrons. The van der Waals surface area contributed by atoms with Crippen LogP contribution in [0, 0.1) is 0 Å². The molecule has 0 spiro atoms. The van der Waals surface area contributed by atoms with Crippen LogP contribution < -0.4 is 16.0 Å². The van der Waals surface area contributed by atoms with E-state index in [0.29, 0.717) is 19.0 Å². The second kappa shape index (κ2) is 9.64. The molecule has 5 nitrogen and oxygen atoms in total. The molecule has 0 aliphatic heterocycles. The summed E-state index contributed by atoms with van der Waals surface area (Å²) in [5.41, 5.74) is 0. The Kier molecular flexibility index (Phi) is 8.02. The lowest BCUT2D eigenvalue weighted by molar-refractivity contribution is -0.121. The van der Waals surface area contributed by atoms with E-state index < -0.39 is 0 Å². The van der Waals surface area contributed by atoms with Crippen molar-refractivity contribution in [3.63, 3.8) is 0 Å². The number of carbonyl (C=O) groups is 1. The molecule has 5 heteroatoms. The average molecular weight is 268 g/mol. The van der Waals surface area contributed by atoms with Crippen molar-refractivity contribution in [2.24, 2.45) is 4.99 Å². The van der Waals surface area contributed by atoms with Crippen molar-refractivity contribution in [1.29, 1.82) is 0 Å². The van der Waals surface area contributed by atoms with Gasteiger partial charge in [0.25, 0.3) is 0 Å². The van der Waals surface area contributed by atoms with Crippen LogP contribution >= 0.6 is 0 Å². The fourth-order valence-electron chi connectivity index (χ4n) is 2.31. The first-order chi connectivity index (χ1) is 9.26. The summed E-state index contributed by atoms with van der Waals surface area (Å²) in [7, 11) is 1.74. The summed E-state index contributed by atoms with van der Waals surface area (Å²) in [5, 5.41) is 9.45. The topological polar surface area (TPSA) is 65.5 Å². The van der Waals surface area contributed by atoms with Crippen LogP contribution in [0.2, 0.25) is 0 Å². The number of hydrogen-bond donors (Lipinski definition) is 3. The smallest absolute Gasteiger partial charge is 0.221 e. The van der Waals surface area contributed by atoms with Crippen LogP contribution in [0.3, 0.4) is 0 Å². The third-order valence-electron chi connectivity index (χ3n) is 3.38. The van der Waals surface area contributed by atoms with Crippen LogP contribution in [0.4, 0.5) is 0 Å². The van der Waals surface area contributed by atoms with Crippen molar-refractivity contribution >= 4 is 11.9 Å². The van der Waals surface area contributed by atoms with Gasteiger partial charge in [0.05, 0.1) is 0 Å². The van der Waals surface area contributed by atoms with Gasteiger partial charge in [0.15, 0.2) is 5.96 Å². The minimum Gasteiger partial charge on any atom is -0.356 e. The van der Waals surface area contributed by atoms with Crippen molar-refractivity contribution in [2.45, 2.75) is 57.9 Å². The van der Waals surface area contributed by atoms with Gasteiger partial charge in [-0.05, 0) is 19.3 Å². The molecule has 1 aliphatic rings. The van der Waals surface area contributed by atoms with Gasteiger partial charge in [-0.3, -0.25) is 9.79 Å². The SMILES string of the molecule is CCCNC(=NC)NCCC(=O)NC1CCCCC1. The van der Waals surface area contributed by atoms with E-state index in [4.69, 9.17) is 0 Å². The quantitative estimate of drug-likeness (QED) is 0.504. The third kappa shape index (κ3) is 7.03. The summed E-state index contributed by atoms with van der Waals surface area (Å²) in [5.74, 6) is 0.915. The number of nitrogens with one attached hydrogen (secondary N) is 3. The zero-order valence-electron chi connectivity index (χ0n) is 12.3. The van der Waals surface area contributed by atoms with Crippen molar-refractivity contribution < 1.29 is 4.79 Å². The van der Waals surface area contributed by atoms with Crippen molar-refractivity contribution in [3.8, 4) is 0 Å². The minimum absolute atomic E-state index is 0.144. The molecule has 1 amide bonds. The Bertz CT molecular complexity index is 285. The molecule has 0 bridgehead atoms. The summed E-state index contributed by atoms with van der Waals surface area (Å²) >= 11 is 0. The molecule has 0 heterocycles. The maximum Gasteiger partial charge on any atom is 0.221 e. The second-order valence-electron chi connectivity index (χ2n) is 5.08. The summed E-state index contributed by atoms with van der Waals surface area (Å²) in [6, 6.07) is 0.402. The molecule has 0 aromatic heterocycles. The van der Waals surface area contributed by atoms with Crippen LogP contribution in [0.1, 0.15) is 51.9 Å². The summed E-state index contributed by atoms with van der Waals surface area (Å²) in [6.07, 6.45) is 7.64. The number of rotatable bonds is 6. The largest absolute Gasteiger partial charge is 0.356 e. The van der Waals surface area contributed by atoms with Crippen molar-refractivity contribution in [3.05, 3.63) is 0 Å². The molecule has 1 rings (SSSR count). The molecule has 0 radical (unpaired) electrons. The molecule has 1 saturated carbocycles. The first kappa shape index (κ1) is 15.8. The highest BCUT2D eigenvalue weighted by molar-refractivity contribution is 5.81. The Morgan fingerprint density at radius 1 is 1.16 bits per heavy atom. The van der Waals surface area contributed by atoms with Gasteiger partial charge in [-0.15, -0.1) is 0 Å². The zero-order chi connectivity index (χ0) is 13.9. The number of carbonyl (C=O) groups excluding carboxylic acids is 1. The van der Waals surface area contributed by atoms with Gasteiger partial charge in [-0.2, -0.15) is 0 Å². The highest BCUT2D eigenvalue weighted by Gasteiger charge is 2.15. The van der Waals surface area contributed by atoms with Gasteiger partial charge < -0.3 is 16.0 Å². The standard InChI is InChI=1S/C14H28N4O/c1-3-10-16-14(15-2)17-11-9-13(19)18-12-7-5-4-6-8-12/h12H,3-11H2,1-2H3,(H,18,19)(H2,15,16,17). The molecule has 0 saturated heterocycles. The van der Waals surface area contributed by atoms with E-state index in [0.717, 1.165) is 31.8 Å². The van der Waals surface area contributed by atoms with Gasteiger partial charge in [0.2, 0.25) is 5.91 Å². The van der Waals surface area contributed by atoms with Crippen LogP contribution in [-0.4, -0.2) is 38.0 Å². The molecule has 0 unspecified atom stereocenters. The molecule has 1 fully saturated rings. The normalized spacial score (nSPS) is 17.1. The Morgan fingerprint density at radius 2 is 1.84 bits per heavy atom. The monoisotopic (exact) mass is 268 g/mol. The molecule has 0 atom stereocenters. The Hall–Kier alpha value is -1.26. The maximum atomic E-state index is 11.8. The number of nitrogens with zero attached hydrogens (tertiary/aromatic N) is 1. The molecule has 1 aliphatic carbocycles. The van der Waals surface area contributed by atoms with E-state index in [2.05, 4.69) is 27.9 Å². The molecule has 3 N–H and O–H groups in total. The van der Waals surface area contributed by atoms with Crippen LogP contribution in [0.15, 0.2) is 4.99 Å². The molecule has 0 aromatic carbocycles. The van der Waals surface area contributed by atoms with Crippen LogP contribution in [-0.2, 0) is 4.79 Å². The second-order valence-corrected chi connectivity index (χ2v) is 5.08. The van der Waals surface area contributed by atoms with Gasteiger partial charge in [0, 0.05) is 32.6 Å². The summed E-state index contributed by atoms with van der Waals surface area (Å²) < 4.78 is 0.